The molecule has 5 heteroatoms. The van der Waals surface area contributed by atoms with E-state index in [1.54, 1.807) is 6.92 Å². The first-order valence-corrected chi connectivity index (χ1v) is 7.30. The number of hydrogen-bond donors (Lipinski definition) is 1. The first kappa shape index (κ1) is 13.6. The molecule has 2 aliphatic rings. The third-order valence-corrected chi connectivity index (χ3v) is 4.64. The maximum absolute atomic E-state index is 11.7. The lowest BCUT2D eigenvalue weighted by molar-refractivity contribution is -0.119. The number of rotatable bonds is 4. The summed E-state index contributed by atoms with van der Waals surface area (Å²) in [5.74, 6) is 1.59. The van der Waals surface area contributed by atoms with Crippen molar-refractivity contribution in [2.75, 3.05) is 18.0 Å². The molecule has 1 saturated carbocycles. The number of aliphatic hydroxyl groups excluding tert-OH is 1. The molecule has 2 fully saturated rings. The standard InChI is InChI=1S/C15H22N2O3/c1-9(2)14(10(3)18)12-4-13(16-20-12)17-7-15(8-17)5-11(19)6-15/h4,9,11,14,19H,5-8H2,1-3H3. The normalized spacial score (nSPS) is 22.8. The molecule has 1 aromatic heterocycles. The minimum absolute atomic E-state index is 0.116. The Morgan fingerprint density at radius 1 is 1.50 bits per heavy atom. The Morgan fingerprint density at radius 2 is 2.15 bits per heavy atom. The Balaban J connectivity index is 1.67. The van der Waals surface area contributed by atoms with Crippen LogP contribution < -0.4 is 4.90 Å². The van der Waals surface area contributed by atoms with Gasteiger partial charge in [-0.3, -0.25) is 4.79 Å². The third-order valence-electron chi connectivity index (χ3n) is 4.64. The van der Waals surface area contributed by atoms with Crippen molar-refractivity contribution in [2.45, 2.75) is 45.6 Å². The van der Waals surface area contributed by atoms with E-state index in [-0.39, 0.29) is 23.7 Å². The summed E-state index contributed by atoms with van der Waals surface area (Å²) in [7, 11) is 0. The van der Waals surface area contributed by atoms with Crippen LogP contribution in [0.15, 0.2) is 10.6 Å². The second-order valence-electron chi connectivity index (χ2n) is 6.84. The molecule has 2 heterocycles. The lowest BCUT2D eigenvalue weighted by Gasteiger charge is -2.57. The highest BCUT2D eigenvalue weighted by Gasteiger charge is 2.52. The van der Waals surface area contributed by atoms with E-state index in [0.717, 1.165) is 31.7 Å². The molecule has 1 spiro atoms. The molecule has 0 radical (unpaired) electrons. The van der Waals surface area contributed by atoms with E-state index in [1.807, 2.05) is 19.9 Å². The lowest BCUT2D eigenvalue weighted by atomic mass is 9.62. The summed E-state index contributed by atoms with van der Waals surface area (Å²) >= 11 is 0. The van der Waals surface area contributed by atoms with E-state index in [9.17, 15) is 9.90 Å². The van der Waals surface area contributed by atoms with Crippen LogP contribution in [0.2, 0.25) is 0 Å². The monoisotopic (exact) mass is 278 g/mol. The van der Waals surface area contributed by atoms with E-state index in [2.05, 4.69) is 10.1 Å². The Bertz CT molecular complexity index is 509. The molecule has 1 atom stereocenters. The minimum atomic E-state index is -0.211. The number of nitrogens with zero attached hydrogens (tertiary/aromatic N) is 2. The van der Waals surface area contributed by atoms with Crippen LogP contribution in [0, 0.1) is 11.3 Å². The van der Waals surface area contributed by atoms with Crippen molar-refractivity contribution in [1.82, 2.24) is 5.16 Å². The quantitative estimate of drug-likeness (QED) is 0.912. The summed E-state index contributed by atoms with van der Waals surface area (Å²) in [6.45, 7) is 7.50. The van der Waals surface area contributed by atoms with Gasteiger partial charge in [0.2, 0.25) is 0 Å². The maximum Gasteiger partial charge on any atom is 0.172 e. The number of aromatic nitrogens is 1. The van der Waals surface area contributed by atoms with Gasteiger partial charge in [0.25, 0.3) is 0 Å². The average Bonchev–Trinajstić information content (AvgIpc) is 2.69. The van der Waals surface area contributed by atoms with Crippen molar-refractivity contribution in [1.29, 1.82) is 0 Å². The smallest absolute Gasteiger partial charge is 0.172 e. The highest BCUT2D eigenvalue weighted by Crippen LogP contribution is 2.49. The number of anilines is 1. The molecule has 3 rings (SSSR count). The Hall–Kier alpha value is -1.36. The van der Waals surface area contributed by atoms with Gasteiger partial charge in [-0.25, -0.2) is 0 Å². The van der Waals surface area contributed by atoms with Crippen LogP contribution >= 0.6 is 0 Å². The maximum atomic E-state index is 11.7. The second kappa shape index (κ2) is 4.58. The predicted octanol–water partition coefficient (Wildman–Crippen LogP) is 1.96. The highest BCUT2D eigenvalue weighted by atomic mass is 16.5. The molecule has 0 bridgehead atoms. The van der Waals surface area contributed by atoms with Gasteiger partial charge in [0.1, 0.15) is 11.5 Å². The number of ketones is 1. The minimum Gasteiger partial charge on any atom is -0.393 e. The Kier molecular flexibility index (Phi) is 3.12. The van der Waals surface area contributed by atoms with Gasteiger partial charge < -0.3 is 14.5 Å². The fourth-order valence-electron chi connectivity index (χ4n) is 3.70. The molecule has 1 aromatic rings. The Morgan fingerprint density at radius 3 is 2.65 bits per heavy atom. The van der Waals surface area contributed by atoms with Gasteiger partial charge in [0.15, 0.2) is 5.82 Å². The number of aliphatic hydroxyl groups is 1. The molecular formula is C15H22N2O3. The van der Waals surface area contributed by atoms with Crippen LogP contribution in [0.4, 0.5) is 5.82 Å². The predicted molar refractivity (Wildman–Crippen MR) is 74.6 cm³/mol. The molecule has 1 saturated heterocycles. The summed E-state index contributed by atoms with van der Waals surface area (Å²) in [6, 6.07) is 1.90. The van der Waals surface area contributed by atoms with Crippen LogP contribution in [0.25, 0.3) is 0 Å². The number of Topliss-reactive ketones (excluding diaryl/α,β-unsaturated/α-hetero) is 1. The number of hydrogen-bond acceptors (Lipinski definition) is 5. The molecule has 1 N–H and O–H groups in total. The van der Waals surface area contributed by atoms with Gasteiger partial charge in [-0.1, -0.05) is 19.0 Å². The highest BCUT2D eigenvalue weighted by molar-refractivity contribution is 5.83. The van der Waals surface area contributed by atoms with E-state index in [0.29, 0.717) is 11.2 Å². The fourth-order valence-corrected chi connectivity index (χ4v) is 3.70. The molecule has 1 unspecified atom stereocenters. The summed E-state index contributed by atoms with van der Waals surface area (Å²) in [5.41, 5.74) is 0.302. The largest absolute Gasteiger partial charge is 0.393 e. The first-order valence-electron chi connectivity index (χ1n) is 7.30. The number of carbonyl (C=O) groups excluding carboxylic acids is 1. The second-order valence-corrected chi connectivity index (χ2v) is 6.84. The van der Waals surface area contributed by atoms with Crippen molar-refractivity contribution >= 4 is 11.6 Å². The fraction of sp³-hybridized carbons (Fsp3) is 0.733. The van der Waals surface area contributed by atoms with Gasteiger partial charge in [-0.2, -0.15) is 0 Å². The van der Waals surface area contributed by atoms with Gasteiger partial charge in [0, 0.05) is 24.6 Å². The van der Waals surface area contributed by atoms with Gasteiger partial charge in [-0.15, -0.1) is 0 Å². The molecule has 20 heavy (non-hydrogen) atoms. The average molecular weight is 278 g/mol. The summed E-state index contributed by atoms with van der Waals surface area (Å²) in [4.78, 5) is 13.9. The van der Waals surface area contributed by atoms with E-state index in [1.165, 1.54) is 0 Å². The molecule has 110 valence electrons. The molecule has 0 aromatic carbocycles. The van der Waals surface area contributed by atoms with Crippen LogP contribution in [-0.4, -0.2) is 35.2 Å². The van der Waals surface area contributed by atoms with Crippen molar-refractivity contribution in [2.24, 2.45) is 11.3 Å². The first-order chi connectivity index (χ1) is 9.40. The van der Waals surface area contributed by atoms with Gasteiger partial charge >= 0.3 is 0 Å². The molecular weight excluding hydrogens is 256 g/mol. The molecule has 1 aliphatic carbocycles. The zero-order valence-electron chi connectivity index (χ0n) is 12.3. The Labute approximate surface area is 118 Å². The summed E-state index contributed by atoms with van der Waals surface area (Å²) in [5, 5.41) is 13.5. The van der Waals surface area contributed by atoms with Gasteiger partial charge in [-0.05, 0) is 25.7 Å². The molecule has 0 amide bonds. The van der Waals surface area contributed by atoms with E-state index >= 15 is 0 Å². The molecule has 1 aliphatic heterocycles. The van der Waals surface area contributed by atoms with Crippen LogP contribution in [0.3, 0.4) is 0 Å². The van der Waals surface area contributed by atoms with Crippen LogP contribution in [0.5, 0.6) is 0 Å². The van der Waals surface area contributed by atoms with Crippen molar-refractivity contribution in [3.8, 4) is 0 Å². The van der Waals surface area contributed by atoms with Crippen LogP contribution in [0.1, 0.15) is 45.3 Å². The SMILES string of the molecule is CC(=O)C(c1cc(N2CC3(CC(O)C3)C2)no1)C(C)C. The third kappa shape index (κ3) is 2.14. The van der Waals surface area contributed by atoms with E-state index in [4.69, 9.17) is 4.52 Å². The lowest BCUT2D eigenvalue weighted by Crippen LogP contribution is -2.64. The molecule has 5 nitrogen and oxygen atoms in total. The van der Waals surface area contributed by atoms with Crippen molar-refractivity contribution in [3.05, 3.63) is 11.8 Å². The number of carbonyl (C=O) groups is 1. The van der Waals surface area contributed by atoms with Gasteiger partial charge in [0.05, 0.1) is 12.0 Å². The summed E-state index contributed by atoms with van der Waals surface area (Å²) in [6.07, 6.45) is 1.68. The van der Waals surface area contributed by atoms with Crippen molar-refractivity contribution < 1.29 is 14.4 Å². The van der Waals surface area contributed by atoms with Crippen molar-refractivity contribution in [3.63, 3.8) is 0 Å². The van der Waals surface area contributed by atoms with Crippen LogP contribution in [-0.2, 0) is 4.79 Å². The zero-order valence-corrected chi connectivity index (χ0v) is 12.3. The van der Waals surface area contributed by atoms with E-state index < -0.39 is 0 Å². The summed E-state index contributed by atoms with van der Waals surface area (Å²) < 4.78 is 5.39. The topological polar surface area (TPSA) is 66.6 Å². The zero-order chi connectivity index (χ0) is 14.5.